The summed E-state index contributed by atoms with van der Waals surface area (Å²) in [5.41, 5.74) is 3.02. The number of aromatic nitrogens is 4. The van der Waals surface area contributed by atoms with Gasteiger partial charge >= 0.3 is 0 Å². The van der Waals surface area contributed by atoms with Gasteiger partial charge in [0, 0.05) is 41.8 Å². The summed E-state index contributed by atoms with van der Waals surface area (Å²) < 4.78 is 1.95. The van der Waals surface area contributed by atoms with Gasteiger partial charge < -0.3 is 5.32 Å². The van der Waals surface area contributed by atoms with E-state index in [1.807, 2.05) is 54.0 Å². The molecule has 1 N–H and O–H groups in total. The highest BCUT2D eigenvalue weighted by molar-refractivity contribution is 8.00. The first-order chi connectivity index (χ1) is 15.5. The van der Waals surface area contributed by atoms with Gasteiger partial charge in [-0.2, -0.15) is 0 Å². The van der Waals surface area contributed by atoms with Crippen LogP contribution in [0.4, 0.5) is 5.69 Å². The lowest BCUT2D eigenvalue weighted by Crippen LogP contribution is -2.15. The number of ketones is 1. The summed E-state index contributed by atoms with van der Waals surface area (Å²) in [5.74, 6) is 0.496. The highest BCUT2D eigenvalue weighted by atomic mass is 32.2. The summed E-state index contributed by atoms with van der Waals surface area (Å²) in [4.78, 5) is 28.3. The quantitative estimate of drug-likeness (QED) is 0.330. The second-order valence-corrected chi connectivity index (χ2v) is 8.40. The van der Waals surface area contributed by atoms with E-state index in [4.69, 9.17) is 0 Å². The molecule has 4 aromatic rings. The normalized spacial score (nSPS) is 11.7. The van der Waals surface area contributed by atoms with Gasteiger partial charge in [0.25, 0.3) is 0 Å². The highest BCUT2D eigenvalue weighted by Gasteiger charge is 2.22. The van der Waals surface area contributed by atoms with Crippen molar-refractivity contribution in [2.75, 3.05) is 5.32 Å². The lowest BCUT2D eigenvalue weighted by atomic mass is 10.1. The molecule has 2 heterocycles. The number of benzene rings is 2. The molecule has 0 saturated carbocycles. The Bertz CT molecular complexity index is 1220. The lowest BCUT2D eigenvalue weighted by molar-refractivity contribution is -0.114. The number of rotatable bonds is 7. The molecule has 1 unspecified atom stereocenters. The number of anilines is 1. The third kappa shape index (κ3) is 4.76. The van der Waals surface area contributed by atoms with E-state index < -0.39 is 5.25 Å². The molecule has 2 aromatic heterocycles. The summed E-state index contributed by atoms with van der Waals surface area (Å²) in [6, 6.07) is 20.4. The molecule has 7 nitrogen and oxygen atoms in total. The van der Waals surface area contributed by atoms with Gasteiger partial charge in [-0.25, -0.2) is 0 Å². The first-order valence-electron chi connectivity index (χ1n) is 10.0. The van der Waals surface area contributed by atoms with Crippen LogP contribution in [-0.4, -0.2) is 36.7 Å². The van der Waals surface area contributed by atoms with Crippen molar-refractivity contribution in [3.8, 4) is 17.1 Å². The van der Waals surface area contributed by atoms with Crippen LogP contribution >= 0.6 is 11.8 Å². The number of nitrogens with zero attached hydrogens (tertiary/aromatic N) is 4. The minimum atomic E-state index is -0.390. The number of amides is 1. The van der Waals surface area contributed by atoms with Gasteiger partial charge in [-0.1, -0.05) is 30.0 Å². The number of pyridine rings is 1. The SMILES string of the molecule is CC(=O)Nc1ccc(C(=O)C(C)Sc2nnc(-c3ccncc3)n2-c2ccccc2)cc1. The summed E-state index contributed by atoms with van der Waals surface area (Å²) in [6.07, 6.45) is 3.42. The molecule has 0 aliphatic rings. The standard InChI is InChI=1S/C24H21N5O2S/c1-16(22(31)18-8-10-20(11-9-18)26-17(2)30)32-24-28-27-23(19-12-14-25-15-13-19)29(24)21-6-4-3-5-7-21/h3-16H,1-2H3,(H,26,30). The fraction of sp³-hybridized carbons (Fsp3) is 0.125. The average molecular weight is 444 g/mol. The number of carbonyl (C=O) groups excluding carboxylic acids is 2. The highest BCUT2D eigenvalue weighted by Crippen LogP contribution is 2.31. The van der Waals surface area contributed by atoms with Gasteiger partial charge in [0.1, 0.15) is 0 Å². The zero-order valence-electron chi connectivity index (χ0n) is 17.6. The zero-order valence-corrected chi connectivity index (χ0v) is 18.4. The molecule has 0 aliphatic carbocycles. The van der Waals surface area contributed by atoms with Gasteiger partial charge in [0.15, 0.2) is 16.8 Å². The maximum absolute atomic E-state index is 13.0. The lowest BCUT2D eigenvalue weighted by Gasteiger charge is -2.13. The topological polar surface area (TPSA) is 89.8 Å². The molecule has 4 rings (SSSR count). The Morgan fingerprint density at radius 2 is 1.62 bits per heavy atom. The maximum Gasteiger partial charge on any atom is 0.221 e. The first kappa shape index (κ1) is 21.5. The second kappa shape index (κ2) is 9.57. The number of para-hydroxylation sites is 1. The molecule has 0 aliphatic heterocycles. The number of thioether (sulfide) groups is 1. The van der Waals surface area contributed by atoms with Crippen molar-refractivity contribution in [2.45, 2.75) is 24.3 Å². The van der Waals surface area contributed by atoms with E-state index in [0.717, 1.165) is 11.3 Å². The van der Waals surface area contributed by atoms with E-state index >= 15 is 0 Å². The van der Waals surface area contributed by atoms with Crippen LogP contribution in [0.1, 0.15) is 24.2 Å². The van der Waals surface area contributed by atoms with Gasteiger partial charge in [0.05, 0.1) is 5.25 Å². The Kier molecular flexibility index (Phi) is 6.42. The Labute approximate surface area is 189 Å². The monoisotopic (exact) mass is 443 g/mol. The summed E-state index contributed by atoms with van der Waals surface area (Å²) in [7, 11) is 0. The number of Topliss-reactive ketones (excluding diaryl/α,β-unsaturated/α-hetero) is 1. The minimum absolute atomic E-state index is 0.0301. The van der Waals surface area contributed by atoms with Gasteiger partial charge in [-0.15, -0.1) is 10.2 Å². The van der Waals surface area contributed by atoms with Crippen molar-refractivity contribution in [2.24, 2.45) is 0 Å². The molecule has 0 radical (unpaired) electrons. The van der Waals surface area contributed by atoms with Crippen molar-refractivity contribution in [3.63, 3.8) is 0 Å². The smallest absolute Gasteiger partial charge is 0.221 e. The van der Waals surface area contributed by atoms with Crippen molar-refractivity contribution >= 4 is 29.1 Å². The molecule has 0 fully saturated rings. The fourth-order valence-corrected chi connectivity index (χ4v) is 4.16. The molecule has 0 spiro atoms. The van der Waals surface area contributed by atoms with E-state index in [1.165, 1.54) is 18.7 Å². The van der Waals surface area contributed by atoms with Crippen LogP contribution < -0.4 is 5.32 Å². The Morgan fingerprint density at radius 1 is 0.938 bits per heavy atom. The third-order valence-electron chi connectivity index (χ3n) is 4.73. The van der Waals surface area contributed by atoms with E-state index in [2.05, 4.69) is 20.5 Å². The minimum Gasteiger partial charge on any atom is -0.326 e. The Morgan fingerprint density at radius 3 is 2.28 bits per heavy atom. The van der Waals surface area contributed by atoms with E-state index in [0.29, 0.717) is 22.2 Å². The number of hydrogen-bond donors (Lipinski definition) is 1. The molecule has 1 amide bonds. The average Bonchev–Trinajstić information content (AvgIpc) is 3.23. The first-order valence-corrected chi connectivity index (χ1v) is 10.9. The van der Waals surface area contributed by atoms with E-state index in [1.54, 1.807) is 36.7 Å². The molecule has 2 aromatic carbocycles. The van der Waals surface area contributed by atoms with Crippen LogP contribution in [0.25, 0.3) is 17.1 Å². The van der Waals surface area contributed by atoms with Crippen molar-refractivity contribution in [3.05, 3.63) is 84.7 Å². The number of nitrogens with one attached hydrogen (secondary N) is 1. The van der Waals surface area contributed by atoms with Crippen LogP contribution in [0.5, 0.6) is 0 Å². The van der Waals surface area contributed by atoms with Crippen LogP contribution in [0.3, 0.4) is 0 Å². The van der Waals surface area contributed by atoms with Gasteiger partial charge in [0.2, 0.25) is 5.91 Å². The molecular weight excluding hydrogens is 422 g/mol. The molecule has 160 valence electrons. The van der Waals surface area contributed by atoms with Gasteiger partial charge in [-0.05, 0) is 55.5 Å². The molecule has 1 atom stereocenters. The van der Waals surface area contributed by atoms with Crippen LogP contribution in [0.2, 0.25) is 0 Å². The van der Waals surface area contributed by atoms with Crippen molar-refractivity contribution in [1.82, 2.24) is 19.7 Å². The fourth-order valence-electron chi connectivity index (χ4n) is 3.21. The van der Waals surface area contributed by atoms with E-state index in [9.17, 15) is 9.59 Å². The predicted molar refractivity (Wildman–Crippen MR) is 125 cm³/mol. The molecule has 8 heteroatoms. The number of hydrogen-bond acceptors (Lipinski definition) is 6. The van der Waals surface area contributed by atoms with Crippen LogP contribution in [-0.2, 0) is 4.79 Å². The second-order valence-electron chi connectivity index (χ2n) is 7.10. The Balaban J connectivity index is 1.62. The molecular formula is C24H21N5O2S. The zero-order chi connectivity index (χ0) is 22.5. The third-order valence-corrected chi connectivity index (χ3v) is 5.77. The van der Waals surface area contributed by atoms with Crippen molar-refractivity contribution in [1.29, 1.82) is 0 Å². The summed E-state index contributed by atoms with van der Waals surface area (Å²) in [6.45, 7) is 3.30. The van der Waals surface area contributed by atoms with Gasteiger partial charge in [-0.3, -0.25) is 19.1 Å². The predicted octanol–water partition coefficient (Wildman–Crippen LogP) is 4.65. The summed E-state index contributed by atoms with van der Waals surface area (Å²) >= 11 is 1.35. The maximum atomic E-state index is 13.0. The van der Waals surface area contributed by atoms with Crippen LogP contribution in [0.15, 0.2) is 84.3 Å². The van der Waals surface area contributed by atoms with Crippen molar-refractivity contribution < 1.29 is 9.59 Å². The number of carbonyl (C=O) groups is 2. The van der Waals surface area contributed by atoms with Crippen LogP contribution in [0, 0.1) is 0 Å². The van der Waals surface area contributed by atoms with E-state index in [-0.39, 0.29) is 11.7 Å². The summed E-state index contributed by atoms with van der Waals surface area (Å²) in [5, 5.41) is 11.7. The largest absolute Gasteiger partial charge is 0.326 e. The molecule has 32 heavy (non-hydrogen) atoms. The molecule has 0 saturated heterocycles. The molecule has 0 bridgehead atoms. The Hall–Kier alpha value is -3.78.